The topological polar surface area (TPSA) is 80.9 Å². The van der Waals surface area contributed by atoms with Crippen LogP contribution in [0.5, 0.6) is 0 Å². The maximum absolute atomic E-state index is 12.1. The lowest BCUT2D eigenvalue weighted by atomic mass is 10.1. The number of nitrogens with one attached hydrogen (secondary N) is 1. The van der Waals surface area contributed by atoms with E-state index in [1.807, 2.05) is 41.8 Å². The number of rotatable bonds is 5. The third-order valence-electron chi connectivity index (χ3n) is 3.94. The fourth-order valence-electron chi connectivity index (χ4n) is 2.62. The zero-order valence-corrected chi connectivity index (χ0v) is 15.4. The Morgan fingerprint density at radius 2 is 1.89 bits per heavy atom. The van der Waals surface area contributed by atoms with E-state index in [4.69, 9.17) is 9.51 Å². The summed E-state index contributed by atoms with van der Waals surface area (Å²) in [6, 6.07) is 13.4. The zero-order chi connectivity index (χ0) is 18.6. The van der Waals surface area contributed by atoms with Crippen molar-refractivity contribution >= 4 is 23.1 Å². The minimum absolute atomic E-state index is 0.135. The van der Waals surface area contributed by atoms with E-state index in [0.717, 1.165) is 27.4 Å². The average Bonchev–Trinajstić information content (AvgIpc) is 3.32. The first-order chi connectivity index (χ1) is 13.2. The van der Waals surface area contributed by atoms with Crippen LogP contribution in [0, 0.1) is 6.92 Å². The van der Waals surface area contributed by atoms with Crippen LogP contribution in [0.2, 0.25) is 0 Å². The Balaban J connectivity index is 1.43. The molecule has 1 N–H and O–H groups in total. The van der Waals surface area contributed by atoms with Gasteiger partial charge < -0.3 is 9.84 Å². The van der Waals surface area contributed by atoms with Gasteiger partial charge >= 0.3 is 0 Å². The summed E-state index contributed by atoms with van der Waals surface area (Å²) in [5, 5.41) is 9.47. The summed E-state index contributed by atoms with van der Waals surface area (Å²) in [6.45, 7) is 1.78. The van der Waals surface area contributed by atoms with Crippen LogP contribution >= 0.6 is 11.3 Å². The Bertz CT molecular complexity index is 1060. The molecular formula is C20H16N4O2S. The van der Waals surface area contributed by atoms with Crippen molar-refractivity contribution in [2.45, 2.75) is 13.3 Å². The first kappa shape index (κ1) is 17.1. The van der Waals surface area contributed by atoms with Crippen LogP contribution in [0.25, 0.3) is 21.8 Å². The van der Waals surface area contributed by atoms with Gasteiger partial charge in [-0.1, -0.05) is 29.4 Å². The highest BCUT2D eigenvalue weighted by molar-refractivity contribution is 7.13. The van der Waals surface area contributed by atoms with Crippen molar-refractivity contribution in [3.05, 3.63) is 71.6 Å². The van der Waals surface area contributed by atoms with Gasteiger partial charge in [0.1, 0.15) is 10.8 Å². The highest BCUT2D eigenvalue weighted by Crippen LogP contribution is 2.28. The van der Waals surface area contributed by atoms with E-state index in [9.17, 15) is 4.79 Å². The van der Waals surface area contributed by atoms with Crippen molar-refractivity contribution in [2.24, 2.45) is 0 Å². The molecule has 0 saturated carbocycles. The summed E-state index contributed by atoms with van der Waals surface area (Å²) < 4.78 is 4.94. The number of carbonyl (C=O) groups is 1. The largest absolute Gasteiger partial charge is 0.360 e. The third-order valence-corrected chi connectivity index (χ3v) is 4.83. The van der Waals surface area contributed by atoms with E-state index in [1.54, 1.807) is 36.7 Å². The maximum atomic E-state index is 12.1. The van der Waals surface area contributed by atoms with Crippen LogP contribution in [0.1, 0.15) is 11.3 Å². The molecule has 4 aromatic rings. The number of aryl methyl sites for hydroxylation is 1. The van der Waals surface area contributed by atoms with Gasteiger partial charge in [0.05, 0.1) is 12.1 Å². The van der Waals surface area contributed by atoms with Crippen molar-refractivity contribution in [3.8, 4) is 21.8 Å². The molecule has 3 heterocycles. The molecule has 27 heavy (non-hydrogen) atoms. The molecule has 0 aliphatic rings. The third kappa shape index (κ3) is 4.09. The van der Waals surface area contributed by atoms with E-state index >= 15 is 0 Å². The monoisotopic (exact) mass is 376 g/mol. The van der Waals surface area contributed by atoms with Crippen LogP contribution < -0.4 is 5.32 Å². The molecule has 4 rings (SSSR count). The number of amides is 1. The summed E-state index contributed by atoms with van der Waals surface area (Å²) >= 11 is 1.60. The van der Waals surface area contributed by atoms with Gasteiger partial charge in [0.25, 0.3) is 0 Å². The molecule has 0 spiro atoms. The minimum atomic E-state index is -0.135. The molecular weight excluding hydrogens is 360 g/mol. The quantitative estimate of drug-likeness (QED) is 0.560. The summed E-state index contributed by atoms with van der Waals surface area (Å²) in [6.07, 6.45) is 3.79. The molecule has 0 aliphatic heterocycles. The molecule has 0 atom stereocenters. The van der Waals surface area contributed by atoms with Gasteiger partial charge in [0, 0.05) is 35.0 Å². The van der Waals surface area contributed by atoms with Gasteiger partial charge in [-0.25, -0.2) is 4.98 Å². The smallest absolute Gasteiger partial charge is 0.230 e. The minimum Gasteiger partial charge on any atom is -0.360 e. The molecule has 0 aliphatic carbocycles. The Hall–Kier alpha value is -3.32. The summed E-state index contributed by atoms with van der Waals surface area (Å²) in [7, 11) is 0. The molecule has 1 aromatic carbocycles. The maximum Gasteiger partial charge on any atom is 0.230 e. The van der Waals surface area contributed by atoms with Crippen molar-refractivity contribution in [2.75, 3.05) is 5.32 Å². The number of nitrogens with zero attached hydrogens (tertiary/aromatic N) is 3. The first-order valence-corrected chi connectivity index (χ1v) is 9.24. The molecule has 0 fully saturated rings. The second-order valence-electron chi connectivity index (χ2n) is 6.02. The summed E-state index contributed by atoms with van der Waals surface area (Å²) in [4.78, 5) is 20.8. The number of aromatic nitrogens is 3. The number of benzene rings is 1. The van der Waals surface area contributed by atoms with E-state index in [0.29, 0.717) is 11.6 Å². The second-order valence-corrected chi connectivity index (χ2v) is 6.88. The highest BCUT2D eigenvalue weighted by atomic mass is 32.1. The van der Waals surface area contributed by atoms with Crippen LogP contribution in [0.4, 0.5) is 5.82 Å². The molecule has 7 heteroatoms. The van der Waals surface area contributed by atoms with Crippen LogP contribution in [-0.4, -0.2) is 21.0 Å². The lowest BCUT2D eigenvalue weighted by molar-refractivity contribution is -0.115. The number of carbonyl (C=O) groups excluding carboxylic acids is 1. The number of anilines is 1. The molecule has 134 valence electrons. The Kier molecular flexibility index (Phi) is 4.76. The predicted octanol–water partition coefficient (Wildman–Crippen LogP) is 4.35. The zero-order valence-electron chi connectivity index (χ0n) is 14.5. The fourth-order valence-corrected chi connectivity index (χ4v) is 3.46. The molecule has 1 amide bonds. The molecule has 0 unspecified atom stereocenters. The lowest BCUT2D eigenvalue weighted by Gasteiger charge is -2.03. The number of hydrogen-bond acceptors (Lipinski definition) is 6. The lowest BCUT2D eigenvalue weighted by Crippen LogP contribution is -2.14. The van der Waals surface area contributed by atoms with Gasteiger partial charge in [-0.3, -0.25) is 9.78 Å². The summed E-state index contributed by atoms with van der Waals surface area (Å²) in [5.41, 5.74) is 3.91. The highest BCUT2D eigenvalue weighted by Gasteiger charge is 2.09. The summed E-state index contributed by atoms with van der Waals surface area (Å²) in [5.74, 6) is 0.953. The number of thiazole rings is 1. The van der Waals surface area contributed by atoms with Crippen LogP contribution in [0.3, 0.4) is 0 Å². The van der Waals surface area contributed by atoms with E-state index in [-0.39, 0.29) is 12.3 Å². The van der Waals surface area contributed by atoms with E-state index < -0.39 is 0 Å². The molecule has 0 radical (unpaired) electrons. The van der Waals surface area contributed by atoms with Crippen LogP contribution in [0.15, 0.2) is 64.8 Å². The normalized spacial score (nSPS) is 10.7. The average molecular weight is 376 g/mol. The van der Waals surface area contributed by atoms with Gasteiger partial charge in [0.2, 0.25) is 5.91 Å². The van der Waals surface area contributed by atoms with Gasteiger partial charge in [-0.15, -0.1) is 11.3 Å². The SMILES string of the molecule is Cc1cc(NC(=O)Cc2ccc(-c3csc(-c4ccncc4)n3)cc2)no1. The Morgan fingerprint density at radius 1 is 1.11 bits per heavy atom. The Labute approximate surface area is 159 Å². The molecule has 0 saturated heterocycles. The number of pyridine rings is 1. The van der Waals surface area contributed by atoms with Crippen molar-refractivity contribution < 1.29 is 9.32 Å². The van der Waals surface area contributed by atoms with Gasteiger partial charge in [0.15, 0.2) is 5.82 Å². The predicted molar refractivity (Wildman–Crippen MR) is 104 cm³/mol. The first-order valence-electron chi connectivity index (χ1n) is 8.36. The van der Waals surface area contributed by atoms with E-state index in [2.05, 4.69) is 15.5 Å². The van der Waals surface area contributed by atoms with Gasteiger partial charge in [-0.05, 0) is 24.6 Å². The second kappa shape index (κ2) is 7.51. The molecule has 3 aromatic heterocycles. The Morgan fingerprint density at radius 3 is 2.59 bits per heavy atom. The van der Waals surface area contributed by atoms with Crippen molar-refractivity contribution in [1.82, 2.24) is 15.1 Å². The van der Waals surface area contributed by atoms with Crippen LogP contribution in [-0.2, 0) is 11.2 Å². The standard InChI is InChI=1S/C20H16N4O2S/c1-13-10-18(24-26-13)23-19(25)11-14-2-4-15(5-3-14)17-12-27-20(22-17)16-6-8-21-9-7-16/h2-10,12H,11H2,1H3,(H,23,24,25). The van der Waals surface area contributed by atoms with E-state index in [1.165, 1.54) is 0 Å². The van der Waals surface area contributed by atoms with Crippen molar-refractivity contribution in [1.29, 1.82) is 0 Å². The molecule has 0 bridgehead atoms. The fraction of sp³-hybridized carbons (Fsp3) is 0.100. The number of hydrogen-bond donors (Lipinski definition) is 1. The molecule has 6 nitrogen and oxygen atoms in total. The van der Waals surface area contributed by atoms with Crippen molar-refractivity contribution in [3.63, 3.8) is 0 Å². The van der Waals surface area contributed by atoms with Gasteiger partial charge in [-0.2, -0.15) is 0 Å².